The Morgan fingerprint density at radius 3 is 2.42 bits per heavy atom. The Bertz CT molecular complexity index is 1590. The van der Waals surface area contributed by atoms with Gasteiger partial charge < -0.3 is 18.9 Å². The molecule has 1 aliphatic rings. The van der Waals surface area contributed by atoms with Gasteiger partial charge in [-0.25, -0.2) is 9.79 Å². The fraction of sp³-hybridized carbons (Fsp3) is 0.296. The number of esters is 1. The molecule has 11 heteroatoms. The topological polar surface area (TPSA) is 88.4 Å². The lowest BCUT2D eigenvalue weighted by Gasteiger charge is -2.26. The summed E-state index contributed by atoms with van der Waals surface area (Å²) < 4.78 is 25.6. The number of fused-ring (bicyclic) bond motifs is 1. The van der Waals surface area contributed by atoms with Crippen molar-refractivity contribution in [3.63, 3.8) is 0 Å². The molecule has 0 saturated heterocycles. The van der Waals surface area contributed by atoms with Crippen LogP contribution in [0.2, 0.25) is 0 Å². The third-order valence-corrected chi connectivity index (χ3v) is 8.02. The van der Waals surface area contributed by atoms with E-state index in [4.69, 9.17) is 18.9 Å². The summed E-state index contributed by atoms with van der Waals surface area (Å²) in [5, 5.41) is 0. The smallest absolute Gasteiger partial charge is 0.338 e. The zero-order valence-electron chi connectivity index (χ0n) is 21.5. The number of hydrogen-bond donors (Lipinski definition) is 0. The summed E-state index contributed by atoms with van der Waals surface area (Å²) in [5.74, 6) is 1.20. The molecular formula is C27H26Br2N2O6S. The van der Waals surface area contributed by atoms with Crippen LogP contribution in [-0.4, -0.2) is 38.0 Å². The van der Waals surface area contributed by atoms with Crippen LogP contribution in [0, 0.1) is 0 Å². The zero-order valence-corrected chi connectivity index (χ0v) is 25.5. The van der Waals surface area contributed by atoms with E-state index in [1.54, 1.807) is 45.2 Å². The van der Waals surface area contributed by atoms with Gasteiger partial charge in [0.05, 0.1) is 52.2 Å². The number of benzene rings is 2. The molecule has 0 amide bonds. The molecule has 0 aliphatic carbocycles. The minimum absolute atomic E-state index is 0.184. The van der Waals surface area contributed by atoms with Crippen molar-refractivity contribution >= 4 is 55.2 Å². The highest BCUT2D eigenvalue weighted by Crippen LogP contribution is 2.38. The molecule has 2 heterocycles. The largest absolute Gasteiger partial charge is 0.497 e. The minimum atomic E-state index is -0.823. The predicted molar refractivity (Wildman–Crippen MR) is 153 cm³/mol. The van der Waals surface area contributed by atoms with Crippen LogP contribution in [0.15, 0.2) is 60.3 Å². The number of carbonyl (C=O) groups excluding carboxylic acids is 1. The first-order chi connectivity index (χ1) is 18.2. The Morgan fingerprint density at radius 2 is 1.82 bits per heavy atom. The van der Waals surface area contributed by atoms with E-state index in [-0.39, 0.29) is 17.7 Å². The lowest BCUT2D eigenvalue weighted by molar-refractivity contribution is -0.139. The fourth-order valence-electron chi connectivity index (χ4n) is 4.24. The third kappa shape index (κ3) is 5.32. The van der Waals surface area contributed by atoms with Crippen LogP contribution in [0.3, 0.4) is 0 Å². The number of halogens is 2. The summed E-state index contributed by atoms with van der Waals surface area (Å²) in [6.07, 6.45) is 1.79. The number of hydrogen-bond acceptors (Lipinski definition) is 8. The SMILES string of the molecule is CCOC(=O)C1=C(C)N=c2s/c(=C\c3cc(Br)c(OCC)c(Br)c3)c(=O)n2[C@@H]1c1cc(OC)ccc1OC. The molecule has 0 bridgehead atoms. The Balaban J connectivity index is 1.98. The van der Waals surface area contributed by atoms with E-state index in [9.17, 15) is 9.59 Å². The van der Waals surface area contributed by atoms with Crippen molar-refractivity contribution in [1.29, 1.82) is 0 Å². The number of ether oxygens (including phenoxy) is 4. The highest BCUT2D eigenvalue weighted by atomic mass is 79.9. The molecule has 2 aromatic carbocycles. The molecule has 38 heavy (non-hydrogen) atoms. The molecule has 4 rings (SSSR count). The van der Waals surface area contributed by atoms with Crippen LogP contribution < -0.4 is 29.1 Å². The second kappa shape index (κ2) is 11.9. The van der Waals surface area contributed by atoms with Gasteiger partial charge in [0.2, 0.25) is 0 Å². The number of methoxy groups -OCH3 is 2. The first-order valence-electron chi connectivity index (χ1n) is 11.8. The Kier molecular flexibility index (Phi) is 8.79. The van der Waals surface area contributed by atoms with Crippen molar-refractivity contribution in [1.82, 2.24) is 4.57 Å². The first-order valence-corrected chi connectivity index (χ1v) is 14.2. The van der Waals surface area contributed by atoms with Gasteiger partial charge in [0.25, 0.3) is 5.56 Å². The second-order valence-electron chi connectivity index (χ2n) is 8.16. The molecule has 1 atom stereocenters. The molecule has 1 aromatic heterocycles. The molecule has 0 radical (unpaired) electrons. The van der Waals surface area contributed by atoms with E-state index < -0.39 is 12.0 Å². The first kappa shape index (κ1) is 28.1. The maximum atomic E-state index is 13.9. The van der Waals surface area contributed by atoms with E-state index in [0.717, 1.165) is 14.5 Å². The van der Waals surface area contributed by atoms with E-state index >= 15 is 0 Å². The van der Waals surface area contributed by atoms with Crippen molar-refractivity contribution < 1.29 is 23.7 Å². The zero-order chi connectivity index (χ0) is 27.6. The van der Waals surface area contributed by atoms with Crippen molar-refractivity contribution in [3.8, 4) is 17.2 Å². The highest BCUT2D eigenvalue weighted by Gasteiger charge is 2.35. The molecule has 0 unspecified atom stereocenters. The van der Waals surface area contributed by atoms with Crippen LogP contribution >= 0.6 is 43.2 Å². The quantitative estimate of drug-likeness (QED) is 0.323. The van der Waals surface area contributed by atoms with Crippen molar-refractivity contribution in [2.75, 3.05) is 27.4 Å². The monoisotopic (exact) mass is 664 g/mol. The van der Waals surface area contributed by atoms with Gasteiger partial charge in [0.1, 0.15) is 23.3 Å². The maximum absolute atomic E-state index is 13.9. The molecule has 0 fully saturated rings. The van der Waals surface area contributed by atoms with E-state index in [0.29, 0.717) is 44.4 Å². The van der Waals surface area contributed by atoms with Crippen LogP contribution in [0.25, 0.3) is 6.08 Å². The van der Waals surface area contributed by atoms with Gasteiger partial charge in [-0.3, -0.25) is 9.36 Å². The molecule has 1 aliphatic heterocycles. The maximum Gasteiger partial charge on any atom is 0.338 e. The molecule has 8 nitrogen and oxygen atoms in total. The number of rotatable bonds is 8. The van der Waals surface area contributed by atoms with Gasteiger partial charge in [-0.05, 0) is 94.6 Å². The van der Waals surface area contributed by atoms with E-state index in [1.807, 2.05) is 19.1 Å². The summed E-state index contributed by atoms with van der Waals surface area (Å²) in [4.78, 5) is 32.2. The number of thiazole rings is 1. The summed E-state index contributed by atoms with van der Waals surface area (Å²) >= 11 is 8.34. The van der Waals surface area contributed by atoms with Crippen molar-refractivity contribution in [2.45, 2.75) is 26.8 Å². The van der Waals surface area contributed by atoms with Gasteiger partial charge in [-0.2, -0.15) is 0 Å². The third-order valence-electron chi connectivity index (χ3n) is 5.86. The number of nitrogens with zero attached hydrogens (tertiary/aromatic N) is 2. The molecule has 0 saturated carbocycles. The number of aromatic nitrogens is 1. The summed E-state index contributed by atoms with van der Waals surface area (Å²) in [6, 6.07) is 8.21. The summed E-state index contributed by atoms with van der Waals surface area (Å²) in [6.45, 7) is 6.09. The molecular weight excluding hydrogens is 640 g/mol. The number of carbonyl (C=O) groups is 1. The molecule has 200 valence electrons. The van der Waals surface area contributed by atoms with Crippen LogP contribution in [0.5, 0.6) is 17.2 Å². The minimum Gasteiger partial charge on any atom is -0.497 e. The summed E-state index contributed by atoms with van der Waals surface area (Å²) in [5.41, 5.74) is 1.82. The summed E-state index contributed by atoms with van der Waals surface area (Å²) in [7, 11) is 3.09. The predicted octanol–water partition coefficient (Wildman–Crippen LogP) is 4.74. The Morgan fingerprint density at radius 1 is 1.11 bits per heavy atom. The van der Waals surface area contributed by atoms with Crippen LogP contribution in [0.1, 0.15) is 37.9 Å². The van der Waals surface area contributed by atoms with Crippen LogP contribution in [0.4, 0.5) is 0 Å². The lowest BCUT2D eigenvalue weighted by atomic mass is 9.94. The molecule has 3 aromatic rings. The Hall–Kier alpha value is -2.89. The normalized spacial score (nSPS) is 15.1. The average molecular weight is 666 g/mol. The number of allylic oxidation sites excluding steroid dienone is 1. The van der Waals surface area contributed by atoms with Gasteiger partial charge in [-0.15, -0.1) is 0 Å². The Labute approximate surface area is 240 Å². The van der Waals surface area contributed by atoms with E-state index in [2.05, 4.69) is 36.9 Å². The lowest BCUT2D eigenvalue weighted by Crippen LogP contribution is -2.40. The second-order valence-corrected chi connectivity index (χ2v) is 10.9. The standard InChI is InChI=1S/C27H26Br2N2O6S/c1-6-36-24-18(28)10-15(11-19(24)29)12-21-25(32)31-23(17-13-16(34-4)8-9-20(17)35-5)22(26(33)37-7-2)14(3)30-27(31)38-21/h8-13,23H,6-7H2,1-5H3/b21-12-/t23-/m1/s1. The van der Waals surface area contributed by atoms with Gasteiger partial charge in [0, 0.05) is 5.56 Å². The molecule has 0 N–H and O–H groups in total. The van der Waals surface area contributed by atoms with Gasteiger partial charge in [-0.1, -0.05) is 11.3 Å². The van der Waals surface area contributed by atoms with Gasteiger partial charge >= 0.3 is 5.97 Å². The average Bonchev–Trinajstić information content (AvgIpc) is 3.19. The fourth-order valence-corrected chi connectivity index (χ4v) is 6.73. The highest BCUT2D eigenvalue weighted by molar-refractivity contribution is 9.11. The van der Waals surface area contributed by atoms with E-state index in [1.165, 1.54) is 23.0 Å². The van der Waals surface area contributed by atoms with Crippen molar-refractivity contribution in [2.24, 2.45) is 4.99 Å². The molecule has 0 spiro atoms. The van der Waals surface area contributed by atoms with Crippen LogP contribution in [-0.2, 0) is 9.53 Å². The van der Waals surface area contributed by atoms with Gasteiger partial charge in [0.15, 0.2) is 4.80 Å². The van der Waals surface area contributed by atoms with Crippen molar-refractivity contribution in [3.05, 3.63) is 81.4 Å².